The van der Waals surface area contributed by atoms with Crippen LogP contribution < -0.4 is 5.32 Å². The molecule has 0 bridgehead atoms. The Morgan fingerprint density at radius 1 is 0.821 bits per heavy atom. The van der Waals surface area contributed by atoms with Gasteiger partial charge in [0.1, 0.15) is 0 Å². The molecule has 2 aromatic rings. The van der Waals surface area contributed by atoms with Crippen molar-refractivity contribution in [3.8, 4) is 0 Å². The monoisotopic (exact) mass is 381 g/mol. The molecule has 1 amide bonds. The van der Waals surface area contributed by atoms with Crippen LogP contribution in [0.2, 0.25) is 0 Å². The van der Waals surface area contributed by atoms with Gasteiger partial charge in [-0.2, -0.15) is 0 Å². The van der Waals surface area contributed by atoms with Gasteiger partial charge >= 0.3 is 0 Å². The topological polar surface area (TPSA) is 38.3 Å². The first-order valence-corrected chi connectivity index (χ1v) is 10.6. The van der Waals surface area contributed by atoms with Crippen LogP contribution in [-0.4, -0.2) is 25.2 Å². The van der Waals surface area contributed by atoms with E-state index >= 15 is 0 Å². The maximum absolute atomic E-state index is 12.5. The second-order valence-electron chi connectivity index (χ2n) is 7.62. The van der Waals surface area contributed by atoms with Crippen molar-refractivity contribution in [1.82, 2.24) is 5.32 Å². The molecule has 0 radical (unpaired) electrons. The number of rotatable bonds is 13. The Labute approximate surface area is 170 Å². The SMILES string of the molecule is CC(C)OCCCCCCCNC(=O)CC(c1ccccc1)c1ccccc1. The van der Waals surface area contributed by atoms with Crippen LogP contribution in [0.1, 0.15) is 69.4 Å². The summed E-state index contributed by atoms with van der Waals surface area (Å²) in [4.78, 5) is 12.5. The number of carbonyl (C=O) groups excluding carboxylic acids is 1. The summed E-state index contributed by atoms with van der Waals surface area (Å²) in [5.74, 6) is 0.228. The van der Waals surface area contributed by atoms with Crippen LogP contribution in [0, 0.1) is 0 Å². The van der Waals surface area contributed by atoms with E-state index in [-0.39, 0.29) is 11.8 Å². The summed E-state index contributed by atoms with van der Waals surface area (Å²) >= 11 is 0. The van der Waals surface area contributed by atoms with Crippen LogP contribution in [0.25, 0.3) is 0 Å². The van der Waals surface area contributed by atoms with Crippen molar-refractivity contribution in [1.29, 1.82) is 0 Å². The zero-order valence-electron chi connectivity index (χ0n) is 17.4. The van der Waals surface area contributed by atoms with E-state index in [1.807, 2.05) is 36.4 Å². The summed E-state index contributed by atoms with van der Waals surface area (Å²) in [7, 11) is 0. The lowest BCUT2D eigenvalue weighted by atomic mass is 9.88. The first-order chi connectivity index (χ1) is 13.7. The first kappa shape index (κ1) is 22.2. The molecule has 0 aliphatic rings. The van der Waals surface area contributed by atoms with Crippen LogP contribution >= 0.6 is 0 Å². The van der Waals surface area contributed by atoms with Crippen molar-refractivity contribution in [3.63, 3.8) is 0 Å². The number of ether oxygens (including phenoxy) is 1. The summed E-state index contributed by atoms with van der Waals surface area (Å²) < 4.78 is 5.55. The second-order valence-corrected chi connectivity index (χ2v) is 7.62. The molecule has 3 heteroatoms. The maximum Gasteiger partial charge on any atom is 0.220 e. The lowest BCUT2D eigenvalue weighted by Gasteiger charge is -2.18. The Balaban J connectivity index is 1.70. The number of carbonyl (C=O) groups is 1. The summed E-state index contributed by atoms with van der Waals surface area (Å²) in [5, 5.41) is 3.11. The molecule has 0 saturated heterocycles. The number of amides is 1. The summed E-state index contributed by atoms with van der Waals surface area (Å²) in [5.41, 5.74) is 2.37. The Morgan fingerprint density at radius 3 is 1.93 bits per heavy atom. The molecule has 1 N–H and O–H groups in total. The van der Waals surface area contributed by atoms with Crippen molar-refractivity contribution in [3.05, 3.63) is 71.8 Å². The molecule has 0 aromatic heterocycles. The molecule has 2 rings (SSSR count). The molecule has 0 aliphatic heterocycles. The largest absolute Gasteiger partial charge is 0.379 e. The molecule has 0 spiro atoms. The third-order valence-corrected chi connectivity index (χ3v) is 4.89. The van der Waals surface area contributed by atoms with Crippen molar-refractivity contribution in [2.24, 2.45) is 0 Å². The van der Waals surface area contributed by atoms with E-state index in [0.717, 1.165) is 32.4 Å². The highest BCUT2D eigenvalue weighted by Crippen LogP contribution is 2.27. The van der Waals surface area contributed by atoms with Crippen molar-refractivity contribution in [2.75, 3.05) is 13.2 Å². The minimum absolute atomic E-state index is 0.100. The zero-order valence-corrected chi connectivity index (χ0v) is 17.4. The molecule has 28 heavy (non-hydrogen) atoms. The van der Waals surface area contributed by atoms with Gasteiger partial charge in [0, 0.05) is 25.5 Å². The van der Waals surface area contributed by atoms with Gasteiger partial charge in [-0.05, 0) is 37.8 Å². The summed E-state index contributed by atoms with van der Waals surface area (Å²) in [6, 6.07) is 20.6. The van der Waals surface area contributed by atoms with E-state index in [1.54, 1.807) is 0 Å². The van der Waals surface area contributed by atoms with Gasteiger partial charge in [-0.15, -0.1) is 0 Å². The lowest BCUT2D eigenvalue weighted by molar-refractivity contribution is -0.121. The molecule has 0 saturated carbocycles. The number of nitrogens with one attached hydrogen (secondary N) is 1. The van der Waals surface area contributed by atoms with E-state index in [0.29, 0.717) is 12.5 Å². The summed E-state index contributed by atoms with van der Waals surface area (Å²) in [6.07, 6.45) is 6.53. The molecule has 0 fully saturated rings. The normalized spacial score (nSPS) is 11.1. The van der Waals surface area contributed by atoms with Gasteiger partial charge in [0.15, 0.2) is 0 Å². The van der Waals surface area contributed by atoms with E-state index < -0.39 is 0 Å². The molecule has 0 aliphatic carbocycles. The minimum atomic E-state index is 0.100. The van der Waals surface area contributed by atoms with E-state index in [9.17, 15) is 4.79 Å². The highest BCUT2D eigenvalue weighted by Gasteiger charge is 2.17. The predicted molar refractivity (Wildman–Crippen MR) is 117 cm³/mol. The average Bonchev–Trinajstić information content (AvgIpc) is 2.72. The van der Waals surface area contributed by atoms with Gasteiger partial charge in [0.25, 0.3) is 0 Å². The van der Waals surface area contributed by atoms with Gasteiger partial charge in [-0.1, -0.05) is 79.9 Å². The molecule has 3 nitrogen and oxygen atoms in total. The van der Waals surface area contributed by atoms with Gasteiger partial charge in [-0.3, -0.25) is 4.79 Å². The highest BCUT2D eigenvalue weighted by molar-refractivity contribution is 5.77. The Morgan fingerprint density at radius 2 is 1.36 bits per heavy atom. The fraction of sp³-hybridized carbons (Fsp3) is 0.480. The smallest absolute Gasteiger partial charge is 0.220 e. The minimum Gasteiger partial charge on any atom is -0.379 e. The Bertz CT molecular complexity index is 615. The number of hydrogen-bond donors (Lipinski definition) is 1. The third-order valence-electron chi connectivity index (χ3n) is 4.89. The number of benzene rings is 2. The fourth-order valence-corrected chi connectivity index (χ4v) is 3.36. The van der Waals surface area contributed by atoms with Crippen LogP contribution in [0.4, 0.5) is 0 Å². The van der Waals surface area contributed by atoms with Crippen LogP contribution in [0.5, 0.6) is 0 Å². The molecule has 0 heterocycles. The first-order valence-electron chi connectivity index (χ1n) is 10.6. The second kappa shape index (κ2) is 13.1. The fourth-order valence-electron chi connectivity index (χ4n) is 3.36. The van der Waals surface area contributed by atoms with E-state index in [2.05, 4.69) is 43.4 Å². The van der Waals surface area contributed by atoms with Gasteiger partial charge in [0.2, 0.25) is 5.91 Å². The van der Waals surface area contributed by atoms with Crippen molar-refractivity contribution in [2.45, 2.75) is 64.4 Å². The van der Waals surface area contributed by atoms with Gasteiger partial charge < -0.3 is 10.1 Å². The maximum atomic E-state index is 12.5. The molecule has 152 valence electrons. The van der Waals surface area contributed by atoms with Crippen molar-refractivity contribution >= 4 is 5.91 Å². The molecular formula is C25H35NO2. The third kappa shape index (κ3) is 8.71. The van der Waals surface area contributed by atoms with Crippen LogP contribution in [-0.2, 0) is 9.53 Å². The summed E-state index contributed by atoms with van der Waals surface area (Å²) in [6.45, 7) is 5.76. The van der Waals surface area contributed by atoms with Crippen molar-refractivity contribution < 1.29 is 9.53 Å². The number of hydrogen-bond acceptors (Lipinski definition) is 2. The van der Waals surface area contributed by atoms with Gasteiger partial charge in [0.05, 0.1) is 6.10 Å². The number of unbranched alkanes of at least 4 members (excludes halogenated alkanes) is 4. The molecule has 0 unspecified atom stereocenters. The van der Waals surface area contributed by atoms with Crippen LogP contribution in [0.3, 0.4) is 0 Å². The highest BCUT2D eigenvalue weighted by atomic mass is 16.5. The Kier molecular flexibility index (Phi) is 10.4. The molecule has 2 aromatic carbocycles. The quantitative estimate of drug-likeness (QED) is 0.452. The molecular weight excluding hydrogens is 346 g/mol. The van der Waals surface area contributed by atoms with E-state index in [1.165, 1.54) is 24.0 Å². The molecule has 0 atom stereocenters. The predicted octanol–water partition coefficient (Wildman–Crippen LogP) is 5.70. The lowest BCUT2D eigenvalue weighted by Crippen LogP contribution is -2.26. The average molecular weight is 382 g/mol. The zero-order chi connectivity index (χ0) is 20.0. The van der Waals surface area contributed by atoms with Crippen LogP contribution in [0.15, 0.2) is 60.7 Å². The van der Waals surface area contributed by atoms with E-state index in [4.69, 9.17) is 4.74 Å². The van der Waals surface area contributed by atoms with Gasteiger partial charge in [-0.25, -0.2) is 0 Å². The standard InChI is InChI=1S/C25H35NO2/c1-21(2)28-19-13-5-3-4-12-18-26-25(27)20-24(22-14-8-6-9-15-22)23-16-10-7-11-17-23/h6-11,14-17,21,24H,3-5,12-13,18-20H2,1-2H3,(H,26,27). The Hall–Kier alpha value is -2.13.